The Balaban J connectivity index is 1.73. The number of anilines is 2. The summed E-state index contributed by atoms with van der Waals surface area (Å²) < 4.78 is 5.67. The second-order valence-corrected chi connectivity index (χ2v) is 4.70. The maximum atomic E-state index is 11.7. The summed E-state index contributed by atoms with van der Waals surface area (Å²) in [6.07, 6.45) is 5.52. The molecule has 0 spiro atoms. The SMILES string of the molecule is CC1CCC(CCC(=O)Nc2ccc(N)nc2)O1. The molecule has 18 heavy (non-hydrogen) atoms. The fourth-order valence-electron chi connectivity index (χ4n) is 2.09. The number of rotatable bonds is 4. The fourth-order valence-corrected chi connectivity index (χ4v) is 2.09. The summed E-state index contributed by atoms with van der Waals surface area (Å²) in [5.41, 5.74) is 6.15. The Morgan fingerprint density at radius 3 is 3.00 bits per heavy atom. The molecular weight excluding hydrogens is 230 g/mol. The van der Waals surface area contributed by atoms with E-state index in [4.69, 9.17) is 10.5 Å². The molecule has 1 aliphatic rings. The lowest BCUT2D eigenvalue weighted by Gasteiger charge is -2.10. The average molecular weight is 249 g/mol. The van der Waals surface area contributed by atoms with Crippen LogP contribution >= 0.6 is 0 Å². The Hall–Kier alpha value is -1.62. The van der Waals surface area contributed by atoms with Gasteiger partial charge in [0.25, 0.3) is 0 Å². The number of carbonyl (C=O) groups excluding carboxylic acids is 1. The lowest BCUT2D eigenvalue weighted by Crippen LogP contribution is -2.16. The van der Waals surface area contributed by atoms with Gasteiger partial charge in [0.2, 0.25) is 5.91 Å². The van der Waals surface area contributed by atoms with Gasteiger partial charge in [-0.3, -0.25) is 4.79 Å². The van der Waals surface area contributed by atoms with E-state index in [9.17, 15) is 4.79 Å². The molecule has 1 fully saturated rings. The number of amides is 1. The van der Waals surface area contributed by atoms with Crippen molar-refractivity contribution in [3.05, 3.63) is 18.3 Å². The van der Waals surface area contributed by atoms with Crippen molar-refractivity contribution in [1.29, 1.82) is 0 Å². The Labute approximate surface area is 107 Å². The number of nitrogen functional groups attached to an aromatic ring is 1. The van der Waals surface area contributed by atoms with Crippen molar-refractivity contribution >= 4 is 17.4 Å². The van der Waals surface area contributed by atoms with Gasteiger partial charge in [0.15, 0.2) is 0 Å². The standard InChI is InChI=1S/C13H19N3O2/c1-9-2-4-11(18-9)5-7-13(17)16-10-3-6-12(14)15-8-10/h3,6,8-9,11H,2,4-5,7H2,1H3,(H2,14,15)(H,16,17). The maximum absolute atomic E-state index is 11.7. The molecule has 0 aliphatic carbocycles. The van der Waals surface area contributed by atoms with Crippen LogP contribution in [0.15, 0.2) is 18.3 Å². The Kier molecular flexibility index (Phi) is 4.15. The fraction of sp³-hybridized carbons (Fsp3) is 0.538. The van der Waals surface area contributed by atoms with Crippen LogP contribution in [0.25, 0.3) is 0 Å². The molecule has 1 saturated heterocycles. The molecule has 0 radical (unpaired) electrons. The first-order chi connectivity index (χ1) is 8.63. The van der Waals surface area contributed by atoms with Crippen molar-refractivity contribution in [2.45, 2.75) is 44.8 Å². The molecule has 2 atom stereocenters. The largest absolute Gasteiger partial charge is 0.384 e. The average Bonchev–Trinajstić information content (AvgIpc) is 2.76. The highest BCUT2D eigenvalue weighted by atomic mass is 16.5. The molecule has 2 heterocycles. The first kappa shape index (κ1) is 12.8. The van der Waals surface area contributed by atoms with Gasteiger partial charge >= 0.3 is 0 Å². The second kappa shape index (κ2) is 5.82. The van der Waals surface area contributed by atoms with E-state index in [1.165, 1.54) is 0 Å². The number of hydrogen-bond donors (Lipinski definition) is 2. The zero-order valence-electron chi connectivity index (χ0n) is 10.6. The smallest absolute Gasteiger partial charge is 0.224 e. The van der Waals surface area contributed by atoms with Gasteiger partial charge in [-0.25, -0.2) is 4.98 Å². The highest BCUT2D eigenvalue weighted by molar-refractivity contribution is 5.90. The second-order valence-electron chi connectivity index (χ2n) is 4.70. The third kappa shape index (κ3) is 3.70. The number of pyridine rings is 1. The van der Waals surface area contributed by atoms with Gasteiger partial charge in [-0.2, -0.15) is 0 Å². The predicted molar refractivity (Wildman–Crippen MR) is 70.1 cm³/mol. The van der Waals surface area contributed by atoms with Crippen LogP contribution in [0.4, 0.5) is 11.5 Å². The molecule has 0 aromatic carbocycles. The summed E-state index contributed by atoms with van der Waals surface area (Å²) in [6, 6.07) is 3.41. The summed E-state index contributed by atoms with van der Waals surface area (Å²) in [4.78, 5) is 15.6. The summed E-state index contributed by atoms with van der Waals surface area (Å²) in [5.74, 6) is 0.436. The van der Waals surface area contributed by atoms with Crippen molar-refractivity contribution in [1.82, 2.24) is 4.98 Å². The van der Waals surface area contributed by atoms with Crippen molar-refractivity contribution in [2.24, 2.45) is 0 Å². The van der Waals surface area contributed by atoms with Crippen LogP contribution in [0.1, 0.15) is 32.6 Å². The molecular formula is C13H19N3O2. The van der Waals surface area contributed by atoms with Crippen molar-refractivity contribution in [2.75, 3.05) is 11.1 Å². The molecule has 0 bridgehead atoms. The number of carbonyl (C=O) groups is 1. The van der Waals surface area contributed by atoms with Gasteiger partial charge in [0.1, 0.15) is 5.82 Å². The monoisotopic (exact) mass is 249 g/mol. The van der Waals surface area contributed by atoms with Crippen LogP contribution in [0.5, 0.6) is 0 Å². The Bertz CT molecular complexity index is 405. The summed E-state index contributed by atoms with van der Waals surface area (Å²) in [7, 11) is 0. The first-order valence-electron chi connectivity index (χ1n) is 6.30. The van der Waals surface area contributed by atoms with E-state index in [1.807, 2.05) is 0 Å². The topological polar surface area (TPSA) is 77.2 Å². The van der Waals surface area contributed by atoms with E-state index >= 15 is 0 Å². The molecule has 2 rings (SSSR count). The van der Waals surface area contributed by atoms with E-state index in [-0.39, 0.29) is 12.0 Å². The number of ether oxygens (including phenoxy) is 1. The number of hydrogen-bond acceptors (Lipinski definition) is 4. The molecule has 1 aromatic rings. The van der Waals surface area contributed by atoms with Crippen LogP contribution in [0, 0.1) is 0 Å². The Morgan fingerprint density at radius 2 is 2.39 bits per heavy atom. The van der Waals surface area contributed by atoms with Gasteiger partial charge in [0, 0.05) is 6.42 Å². The molecule has 3 N–H and O–H groups in total. The molecule has 1 aliphatic heterocycles. The number of nitrogens with one attached hydrogen (secondary N) is 1. The van der Waals surface area contributed by atoms with Gasteiger partial charge in [-0.15, -0.1) is 0 Å². The first-order valence-corrected chi connectivity index (χ1v) is 6.30. The predicted octanol–water partition coefficient (Wildman–Crippen LogP) is 1.95. The third-order valence-electron chi connectivity index (χ3n) is 3.08. The van der Waals surface area contributed by atoms with Crippen LogP contribution in [-0.4, -0.2) is 23.1 Å². The lowest BCUT2D eigenvalue weighted by molar-refractivity contribution is -0.116. The van der Waals surface area contributed by atoms with Gasteiger partial charge in [-0.1, -0.05) is 0 Å². The number of nitrogens with zero attached hydrogens (tertiary/aromatic N) is 1. The normalized spacial score (nSPS) is 22.9. The summed E-state index contributed by atoms with van der Waals surface area (Å²) >= 11 is 0. The quantitative estimate of drug-likeness (QED) is 0.855. The van der Waals surface area contributed by atoms with E-state index < -0.39 is 0 Å². The molecule has 1 amide bonds. The van der Waals surface area contributed by atoms with Gasteiger partial charge < -0.3 is 15.8 Å². The minimum absolute atomic E-state index is 0.00951. The maximum Gasteiger partial charge on any atom is 0.224 e. The Morgan fingerprint density at radius 1 is 1.56 bits per heavy atom. The van der Waals surface area contributed by atoms with Crippen molar-refractivity contribution in [3.8, 4) is 0 Å². The van der Waals surface area contributed by atoms with Gasteiger partial charge in [0.05, 0.1) is 24.1 Å². The molecule has 98 valence electrons. The summed E-state index contributed by atoms with van der Waals surface area (Å²) in [6.45, 7) is 2.07. The van der Waals surface area contributed by atoms with Crippen LogP contribution in [0.2, 0.25) is 0 Å². The van der Waals surface area contributed by atoms with E-state index in [2.05, 4.69) is 17.2 Å². The minimum Gasteiger partial charge on any atom is -0.384 e. The third-order valence-corrected chi connectivity index (χ3v) is 3.08. The number of nitrogens with two attached hydrogens (primary N) is 1. The molecule has 0 saturated carbocycles. The molecule has 2 unspecified atom stereocenters. The highest BCUT2D eigenvalue weighted by Gasteiger charge is 2.22. The van der Waals surface area contributed by atoms with Crippen LogP contribution in [0.3, 0.4) is 0 Å². The van der Waals surface area contributed by atoms with Crippen LogP contribution < -0.4 is 11.1 Å². The summed E-state index contributed by atoms with van der Waals surface area (Å²) in [5, 5.41) is 2.79. The number of aromatic nitrogens is 1. The minimum atomic E-state index is -0.00951. The van der Waals surface area contributed by atoms with Gasteiger partial charge in [-0.05, 0) is 38.3 Å². The van der Waals surface area contributed by atoms with E-state index in [1.54, 1.807) is 18.3 Å². The lowest BCUT2D eigenvalue weighted by atomic mass is 10.1. The molecule has 5 heteroatoms. The zero-order valence-corrected chi connectivity index (χ0v) is 10.6. The van der Waals surface area contributed by atoms with E-state index in [0.717, 1.165) is 19.3 Å². The molecule has 1 aromatic heterocycles. The van der Waals surface area contributed by atoms with Crippen LogP contribution in [-0.2, 0) is 9.53 Å². The van der Waals surface area contributed by atoms with Crippen molar-refractivity contribution < 1.29 is 9.53 Å². The zero-order chi connectivity index (χ0) is 13.0. The molecule has 5 nitrogen and oxygen atoms in total. The van der Waals surface area contributed by atoms with E-state index in [0.29, 0.717) is 24.0 Å². The van der Waals surface area contributed by atoms with Crippen molar-refractivity contribution in [3.63, 3.8) is 0 Å². The highest BCUT2D eigenvalue weighted by Crippen LogP contribution is 2.22.